The molecule has 0 saturated carbocycles. The molecule has 6 heteroatoms. The lowest BCUT2D eigenvalue weighted by Crippen LogP contribution is -2.09. The van der Waals surface area contributed by atoms with E-state index in [1.54, 1.807) is 36.1 Å². The molecule has 0 bridgehead atoms. The maximum absolute atomic E-state index is 12.2. The highest BCUT2D eigenvalue weighted by Crippen LogP contribution is 2.30. The van der Waals surface area contributed by atoms with Crippen LogP contribution in [-0.4, -0.2) is 28.0 Å². The van der Waals surface area contributed by atoms with Gasteiger partial charge in [-0.3, -0.25) is 14.3 Å². The molecule has 2 rings (SSSR count). The minimum atomic E-state index is -0.293. The summed E-state index contributed by atoms with van der Waals surface area (Å²) in [4.78, 5) is 23.5. The lowest BCUT2D eigenvalue weighted by Gasteiger charge is -2.11. The Labute approximate surface area is 145 Å². The number of nitrogens with zero attached hydrogens (tertiary/aromatic N) is 2. The fraction of sp³-hybridized carbons (Fsp3) is 0.278. The third-order valence-corrected chi connectivity index (χ3v) is 3.73. The molecule has 0 amide bonds. The van der Waals surface area contributed by atoms with Gasteiger partial charge in [-0.05, 0) is 19.1 Å². The molecule has 0 aliphatic carbocycles. The van der Waals surface area contributed by atoms with Crippen molar-refractivity contribution in [1.29, 1.82) is 0 Å². The first-order chi connectivity index (χ1) is 11.4. The zero-order chi connectivity index (χ0) is 17.7. The SMILES string of the molecule is C=CCOc1cccc(Cl)c1Cc1cn(C)nc1C(=O)CC(C)=O. The number of hydrogen-bond donors (Lipinski definition) is 0. The van der Waals surface area contributed by atoms with E-state index in [9.17, 15) is 9.59 Å². The van der Waals surface area contributed by atoms with E-state index in [2.05, 4.69) is 11.7 Å². The van der Waals surface area contributed by atoms with Gasteiger partial charge in [0.15, 0.2) is 5.78 Å². The van der Waals surface area contributed by atoms with Crippen LogP contribution in [0.2, 0.25) is 5.02 Å². The Kier molecular flexibility index (Phi) is 5.93. The van der Waals surface area contributed by atoms with Gasteiger partial charge in [-0.15, -0.1) is 0 Å². The van der Waals surface area contributed by atoms with Crippen molar-refractivity contribution in [3.8, 4) is 5.75 Å². The first kappa shape index (κ1) is 17.9. The molecular weight excluding hydrogens is 328 g/mol. The minimum absolute atomic E-state index is 0.160. The van der Waals surface area contributed by atoms with Crippen molar-refractivity contribution < 1.29 is 14.3 Å². The molecule has 0 aliphatic heterocycles. The van der Waals surface area contributed by atoms with Crippen molar-refractivity contribution in [1.82, 2.24) is 9.78 Å². The van der Waals surface area contributed by atoms with Crippen molar-refractivity contribution >= 4 is 23.2 Å². The van der Waals surface area contributed by atoms with Crippen molar-refractivity contribution in [2.24, 2.45) is 7.05 Å². The monoisotopic (exact) mass is 346 g/mol. The fourth-order valence-electron chi connectivity index (χ4n) is 2.40. The maximum Gasteiger partial charge on any atom is 0.190 e. The molecule has 0 aliphatic rings. The van der Waals surface area contributed by atoms with E-state index in [1.165, 1.54) is 6.92 Å². The molecule has 1 heterocycles. The van der Waals surface area contributed by atoms with Gasteiger partial charge in [-0.1, -0.05) is 30.3 Å². The molecular formula is C18H19ClN2O3. The number of carbonyl (C=O) groups excluding carboxylic acids is 2. The average molecular weight is 347 g/mol. The van der Waals surface area contributed by atoms with Crippen LogP contribution in [0.3, 0.4) is 0 Å². The molecule has 0 N–H and O–H groups in total. The zero-order valence-electron chi connectivity index (χ0n) is 13.7. The van der Waals surface area contributed by atoms with Crippen LogP contribution in [0.25, 0.3) is 0 Å². The standard InChI is InChI=1S/C18H19ClN2O3/c1-4-8-24-17-7-5-6-15(19)14(17)10-13-11-21(3)20-18(13)16(23)9-12(2)22/h4-7,11H,1,8-10H2,2-3H3. The Morgan fingerprint density at radius 1 is 1.42 bits per heavy atom. The molecule has 0 spiro atoms. The Hall–Kier alpha value is -2.40. The minimum Gasteiger partial charge on any atom is -0.489 e. The summed E-state index contributed by atoms with van der Waals surface area (Å²) in [6, 6.07) is 5.39. The molecule has 24 heavy (non-hydrogen) atoms. The first-order valence-electron chi connectivity index (χ1n) is 7.48. The van der Waals surface area contributed by atoms with Gasteiger partial charge >= 0.3 is 0 Å². The van der Waals surface area contributed by atoms with E-state index < -0.39 is 0 Å². The number of benzene rings is 1. The van der Waals surface area contributed by atoms with Crippen molar-refractivity contribution in [2.45, 2.75) is 19.8 Å². The smallest absolute Gasteiger partial charge is 0.190 e. The van der Waals surface area contributed by atoms with Crippen LogP contribution in [0, 0.1) is 0 Å². The predicted octanol–water partition coefficient (Wildman–Crippen LogP) is 3.39. The summed E-state index contributed by atoms with van der Waals surface area (Å²) < 4.78 is 7.20. The highest BCUT2D eigenvalue weighted by atomic mass is 35.5. The quantitative estimate of drug-likeness (QED) is 0.417. The molecule has 5 nitrogen and oxygen atoms in total. The van der Waals surface area contributed by atoms with Gasteiger partial charge in [-0.2, -0.15) is 5.10 Å². The molecule has 1 aromatic carbocycles. The van der Waals surface area contributed by atoms with Crippen LogP contribution in [0.4, 0.5) is 0 Å². The van der Waals surface area contributed by atoms with Gasteiger partial charge in [0.05, 0.1) is 6.42 Å². The Morgan fingerprint density at radius 2 is 2.17 bits per heavy atom. The Balaban J connectivity index is 2.36. The van der Waals surface area contributed by atoms with Crippen LogP contribution in [0.15, 0.2) is 37.1 Å². The second-order valence-electron chi connectivity index (χ2n) is 5.47. The topological polar surface area (TPSA) is 61.2 Å². The largest absolute Gasteiger partial charge is 0.489 e. The Bertz CT molecular complexity index is 781. The molecule has 0 saturated heterocycles. The van der Waals surface area contributed by atoms with Gasteiger partial charge < -0.3 is 4.74 Å². The van der Waals surface area contributed by atoms with E-state index in [1.807, 2.05) is 6.07 Å². The van der Waals surface area contributed by atoms with E-state index in [0.29, 0.717) is 35.1 Å². The second-order valence-corrected chi connectivity index (χ2v) is 5.88. The number of carbonyl (C=O) groups is 2. The second kappa shape index (κ2) is 7.93. The first-order valence-corrected chi connectivity index (χ1v) is 7.86. The summed E-state index contributed by atoms with van der Waals surface area (Å²) in [5, 5.41) is 4.74. The van der Waals surface area contributed by atoms with Crippen molar-refractivity contribution in [3.63, 3.8) is 0 Å². The lowest BCUT2D eigenvalue weighted by molar-refractivity contribution is -0.116. The summed E-state index contributed by atoms with van der Waals surface area (Å²) in [6.07, 6.45) is 3.63. The molecule has 1 aromatic heterocycles. The molecule has 0 radical (unpaired) electrons. The summed E-state index contributed by atoms with van der Waals surface area (Å²) in [6.45, 7) is 5.37. The van der Waals surface area contributed by atoms with Crippen LogP contribution in [-0.2, 0) is 18.3 Å². The predicted molar refractivity (Wildman–Crippen MR) is 92.8 cm³/mol. The van der Waals surface area contributed by atoms with E-state index in [0.717, 1.165) is 5.56 Å². The number of halogens is 1. The van der Waals surface area contributed by atoms with Gasteiger partial charge in [-0.25, -0.2) is 0 Å². The maximum atomic E-state index is 12.2. The van der Waals surface area contributed by atoms with Gasteiger partial charge in [0.25, 0.3) is 0 Å². The highest BCUT2D eigenvalue weighted by molar-refractivity contribution is 6.31. The average Bonchev–Trinajstić information content (AvgIpc) is 2.88. The van der Waals surface area contributed by atoms with Crippen LogP contribution in [0.5, 0.6) is 5.75 Å². The Morgan fingerprint density at radius 3 is 2.83 bits per heavy atom. The van der Waals surface area contributed by atoms with Crippen LogP contribution in [0.1, 0.15) is 35.0 Å². The fourth-order valence-corrected chi connectivity index (χ4v) is 2.63. The van der Waals surface area contributed by atoms with Gasteiger partial charge in [0, 0.05) is 35.8 Å². The van der Waals surface area contributed by atoms with E-state index >= 15 is 0 Å². The molecule has 2 aromatic rings. The third kappa shape index (κ3) is 4.32. The summed E-state index contributed by atoms with van der Waals surface area (Å²) in [7, 11) is 1.73. The molecule has 0 unspecified atom stereocenters. The third-order valence-electron chi connectivity index (χ3n) is 3.38. The van der Waals surface area contributed by atoms with Gasteiger partial charge in [0.2, 0.25) is 0 Å². The van der Waals surface area contributed by atoms with E-state index in [-0.39, 0.29) is 18.0 Å². The van der Waals surface area contributed by atoms with E-state index in [4.69, 9.17) is 16.3 Å². The zero-order valence-corrected chi connectivity index (χ0v) is 14.5. The van der Waals surface area contributed by atoms with Crippen LogP contribution >= 0.6 is 11.6 Å². The highest BCUT2D eigenvalue weighted by Gasteiger charge is 2.20. The summed E-state index contributed by atoms with van der Waals surface area (Å²) in [5.74, 6) is 0.152. The number of aryl methyl sites for hydroxylation is 1. The normalized spacial score (nSPS) is 10.5. The molecule has 126 valence electrons. The molecule has 0 atom stereocenters. The lowest BCUT2D eigenvalue weighted by atomic mass is 10.0. The number of ether oxygens (including phenoxy) is 1. The molecule has 0 fully saturated rings. The number of aromatic nitrogens is 2. The summed E-state index contributed by atoms with van der Waals surface area (Å²) >= 11 is 6.31. The number of ketones is 2. The number of rotatable bonds is 8. The number of hydrogen-bond acceptors (Lipinski definition) is 4. The summed E-state index contributed by atoms with van der Waals surface area (Å²) in [5.41, 5.74) is 1.77. The van der Waals surface area contributed by atoms with Crippen molar-refractivity contribution in [3.05, 3.63) is 58.9 Å². The van der Waals surface area contributed by atoms with Crippen molar-refractivity contribution in [2.75, 3.05) is 6.61 Å². The van der Waals surface area contributed by atoms with Crippen LogP contribution < -0.4 is 4.74 Å². The van der Waals surface area contributed by atoms with Gasteiger partial charge in [0.1, 0.15) is 23.8 Å². The number of Topliss-reactive ketones (excluding diaryl/α,β-unsaturated/α-hetero) is 2.